The Morgan fingerprint density at radius 3 is 2.61 bits per heavy atom. The third-order valence-electron chi connectivity index (χ3n) is 2.80. The Balaban J connectivity index is 2.03. The number of nitrogens with zero attached hydrogens (tertiary/aromatic N) is 6. The number of nitrogens with one attached hydrogen (secondary N) is 3. The molecule has 0 amide bonds. The molecule has 94 valence electrons. The molecule has 0 spiro atoms. The first kappa shape index (κ1) is 9.60. The lowest BCUT2D eigenvalue weighted by atomic mass is 10.5. The predicted molar refractivity (Wildman–Crippen MR) is 60.6 cm³/mol. The van der Waals surface area contributed by atoms with Crippen molar-refractivity contribution in [3.05, 3.63) is 11.6 Å². The van der Waals surface area contributed by atoms with E-state index in [9.17, 15) is 0 Å². The minimum atomic E-state index is -0.627. The van der Waals surface area contributed by atoms with E-state index in [0.717, 1.165) is 0 Å². The van der Waals surface area contributed by atoms with Crippen LogP contribution in [0.3, 0.4) is 0 Å². The third kappa shape index (κ3) is 1.04. The van der Waals surface area contributed by atoms with Crippen molar-refractivity contribution >= 4 is 17.9 Å². The van der Waals surface area contributed by atoms with Gasteiger partial charge in [-0.05, 0) is 0 Å². The second-order valence-corrected chi connectivity index (χ2v) is 3.90. The van der Waals surface area contributed by atoms with E-state index in [0.29, 0.717) is 29.5 Å². The van der Waals surface area contributed by atoms with Gasteiger partial charge in [-0.3, -0.25) is 15.6 Å². The highest BCUT2D eigenvalue weighted by atomic mass is 15.9. The van der Waals surface area contributed by atoms with Crippen LogP contribution in [0.1, 0.15) is 0 Å². The summed E-state index contributed by atoms with van der Waals surface area (Å²) in [4.78, 5) is 12.7. The van der Waals surface area contributed by atoms with Crippen molar-refractivity contribution in [3.63, 3.8) is 0 Å². The molecule has 4 rings (SSSR count). The highest BCUT2D eigenvalue weighted by Crippen LogP contribution is 2.25. The van der Waals surface area contributed by atoms with Crippen molar-refractivity contribution < 1.29 is 0 Å². The van der Waals surface area contributed by atoms with E-state index < -0.39 is 6.29 Å². The van der Waals surface area contributed by atoms with Gasteiger partial charge in [-0.25, -0.2) is 22.6 Å². The van der Waals surface area contributed by atoms with Crippen LogP contribution < -0.4 is 33.5 Å². The lowest BCUT2D eigenvalue weighted by Crippen LogP contribution is -2.72. The minimum absolute atomic E-state index is 0.307. The van der Waals surface area contributed by atoms with E-state index in [-0.39, 0.29) is 0 Å². The first-order chi connectivity index (χ1) is 8.63. The van der Waals surface area contributed by atoms with Crippen molar-refractivity contribution in [1.82, 2.24) is 31.2 Å². The zero-order valence-electron chi connectivity index (χ0n) is 8.99. The molecule has 0 aromatic heterocycles. The maximum Gasteiger partial charge on any atom is 0.234 e. The van der Waals surface area contributed by atoms with E-state index in [2.05, 4.69) is 30.9 Å². The lowest BCUT2D eigenvalue weighted by molar-refractivity contribution is -0.119. The minimum Gasteiger partial charge on any atom is -0.319 e. The molecule has 1 unspecified atom stereocenters. The van der Waals surface area contributed by atoms with Gasteiger partial charge in [0.2, 0.25) is 30.0 Å². The first-order valence-corrected chi connectivity index (χ1v) is 5.07. The van der Waals surface area contributed by atoms with Crippen LogP contribution in [0.2, 0.25) is 0 Å². The molecule has 0 saturated heterocycles. The fourth-order valence-electron chi connectivity index (χ4n) is 1.95. The molecule has 5 bridgehead atoms. The van der Waals surface area contributed by atoms with Crippen LogP contribution in [0.5, 0.6) is 0 Å². The topological polar surface area (TPSA) is 161 Å². The molecular weight excluding hydrogens is 240 g/mol. The molecule has 0 aliphatic carbocycles. The van der Waals surface area contributed by atoms with Gasteiger partial charge in [0.15, 0.2) is 5.82 Å². The molecule has 0 aromatic rings. The summed E-state index contributed by atoms with van der Waals surface area (Å²) in [6.45, 7) is 0. The summed E-state index contributed by atoms with van der Waals surface area (Å²) in [5.74, 6) is 19.6. The standard InChI is InChI=1S/C6H10N12/c7-16-1-2-11-4-12-3(10-1)13-5(14-4)15-6(16)18(9)17(2)8/h6H,7-9H2,(H3,10,11,12,13,14,15). The second kappa shape index (κ2) is 2.88. The molecule has 0 aromatic carbocycles. The number of hydrogen-bond donors (Lipinski definition) is 6. The molecule has 0 saturated carbocycles. The van der Waals surface area contributed by atoms with Gasteiger partial charge in [-0.15, -0.1) is 0 Å². The first-order valence-electron chi connectivity index (χ1n) is 5.07. The summed E-state index contributed by atoms with van der Waals surface area (Å²) in [7, 11) is 0. The average Bonchev–Trinajstić information content (AvgIpc) is 2.44. The largest absolute Gasteiger partial charge is 0.319 e. The van der Waals surface area contributed by atoms with Crippen LogP contribution in [0.15, 0.2) is 26.6 Å². The Bertz CT molecular complexity index is 555. The molecule has 4 aliphatic rings. The lowest BCUT2D eigenvalue weighted by Gasteiger charge is -2.44. The van der Waals surface area contributed by atoms with Crippen LogP contribution in [-0.4, -0.2) is 39.4 Å². The fourth-order valence-corrected chi connectivity index (χ4v) is 1.95. The number of hydrazine groups is 4. The zero-order valence-corrected chi connectivity index (χ0v) is 8.99. The van der Waals surface area contributed by atoms with Crippen LogP contribution in [0.25, 0.3) is 0 Å². The van der Waals surface area contributed by atoms with Crippen molar-refractivity contribution in [2.45, 2.75) is 6.29 Å². The van der Waals surface area contributed by atoms with Gasteiger partial charge < -0.3 is 5.32 Å². The normalized spacial score (nSPS) is 28.8. The molecular formula is C6H10N12. The molecule has 0 radical (unpaired) electrons. The number of aliphatic imine (C=N–C) groups is 3. The molecule has 12 nitrogen and oxygen atoms in total. The Labute approximate surface area is 100 Å². The van der Waals surface area contributed by atoms with Crippen LogP contribution in [0, 0.1) is 0 Å². The smallest absolute Gasteiger partial charge is 0.234 e. The summed E-state index contributed by atoms with van der Waals surface area (Å²) in [6, 6.07) is 0. The summed E-state index contributed by atoms with van der Waals surface area (Å²) in [5, 5.41) is 12.5. The van der Waals surface area contributed by atoms with Crippen LogP contribution >= 0.6 is 0 Å². The van der Waals surface area contributed by atoms with Gasteiger partial charge in [0.05, 0.1) is 0 Å². The van der Waals surface area contributed by atoms with Gasteiger partial charge in [0.1, 0.15) is 0 Å². The average molecular weight is 250 g/mol. The number of nitrogens with two attached hydrogens (primary N) is 3. The monoisotopic (exact) mass is 250 g/mol. The van der Waals surface area contributed by atoms with Gasteiger partial charge in [-0.2, -0.15) is 15.0 Å². The Morgan fingerprint density at radius 2 is 1.78 bits per heavy atom. The van der Waals surface area contributed by atoms with E-state index >= 15 is 0 Å². The Morgan fingerprint density at radius 1 is 0.944 bits per heavy atom. The van der Waals surface area contributed by atoms with Crippen LogP contribution in [-0.2, 0) is 0 Å². The summed E-state index contributed by atoms with van der Waals surface area (Å²) < 4.78 is 0. The molecule has 18 heavy (non-hydrogen) atoms. The van der Waals surface area contributed by atoms with Gasteiger partial charge in [0, 0.05) is 0 Å². The molecule has 12 heteroatoms. The predicted octanol–water partition coefficient (Wildman–Crippen LogP) is -4.27. The fraction of sp³-hybridized carbons (Fsp3) is 0.167. The number of rotatable bonds is 0. The van der Waals surface area contributed by atoms with E-state index in [1.165, 1.54) is 15.2 Å². The summed E-state index contributed by atoms with van der Waals surface area (Å²) >= 11 is 0. The third-order valence-corrected chi connectivity index (χ3v) is 2.80. The maximum atomic E-state index is 5.97. The molecule has 4 aliphatic heterocycles. The highest BCUT2D eigenvalue weighted by Gasteiger charge is 2.41. The quantitative estimate of drug-likeness (QED) is 0.234. The Kier molecular flexibility index (Phi) is 1.54. The Hall–Kier alpha value is -2.41. The summed E-state index contributed by atoms with van der Waals surface area (Å²) in [6.07, 6.45) is -0.627. The van der Waals surface area contributed by atoms with Gasteiger partial charge >= 0.3 is 0 Å². The van der Waals surface area contributed by atoms with Crippen molar-refractivity contribution in [2.24, 2.45) is 32.5 Å². The molecule has 0 fully saturated rings. The molecule has 9 N–H and O–H groups in total. The second-order valence-electron chi connectivity index (χ2n) is 3.90. The number of fused-ring (bicyclic) bond motifs is 2. The van der Waals surface area contributed by atoms with Crippen molar-refractivity contribution in [2.75, 3.05) is 0 Å². The number of guanidine groups is 3. The number of hydrogen-bond acceptors (Lipinski definition) is 12. The summed E-state index contributed by atoms with van der Waals surface area (Å²) in [5.41, 5.74) is 0. The maximum absolute atomic E-state index is 5.97. The van der Waals surface area contributed by atoms with E-state index in [1.54, 1.807) is 0 Å². The van der Waals surface area contributed by atoms with Gasteiger partial charge in [-0.1, -0.05) is 5.12 Å². The SMILES string of the molecule is NN1C2=C3N=C4NC(=N2)N=C(N4)NC1N(N)N3N. The van der Waals surface area contributed by atoms with Crippen molar-refractivity contribution in [1.29, 1.82) is 0 Å². The van der Waals surface area contributed by atoms with Crippen LogP contribution in [0.4, 0.5) is 0 Å². The zero-order chi connectivity index (χ0) is 12.4. The highest BCUT2D eigenvalue weighted by molar-refractivity contribution is 6.15. The molecule has 1 atom stereocenters. The van der Waals surface area contributed by atoms with E-state index in [1.807, 2.05) is 0 Å². The van der Waals surface area contributed by atoms with Crippen molar-refractivity contribution in [3.8, 4) is 0 Å². The molecule has 4 heterocycles. The van der Waals surface area contributed by atoms with E-state index in [4.69, 9.17) is 17.5 Å². The van der Waals surface area contributed by atoms with Gasteiger partial charge in [0.25, 0.3) is 0 Å².